The summed E-state index contributed by atoms with van der Waals surface area (Å²) in [5, 5.41) is 14.3. The number of halogens is 2. The number of H-pyrrole nitrogens is 1. The Kier molecular flexibility index (Phi) is 3.45. The van der Waals surface area contributed by atoms with Gasteiger partial charge in [0.15, 0.2) is 5.65 Å². The summed E-state index contributed by atoms with van der Waals surface area (Å²) >= 11 is 9.58. The molecule has 0 saturated carbocycles. The zero-order chi connectivity index (χ0) is 14.1. The van der Waals surface area contributed by atoms with Crippen LogP contribution >= 0.6 is 27.5 Å². The second kappa shape index (κ2) is 5.26. The number of hydrogen-bond acceptors (Lipinski definition) is 5. The number of anilines is 3. The Bertz CT molecular complexity index is 772. The van der Waals surface area contributed by atoms with Crippen molar-refractivity contribution in [2.45, 2.75) is 0 Å². The van der Waals surface area contributed by atoms with Gasteiger partial charge in [-0.3, -0.25) is 5.10 Å². The molecule has 0 aliphatic carbocycles. The Balaban J connectivity index is 2.07. The maximum Gasteiger partial charge on any atom is 0.226 e. The third-order valence-electron chi connectivity index (χ3n) is 2.72. The average Bonchev–Trinajstić information content (AvgIpc) is 2.90. The standard InChI is InChI=1S/C12H10BrClN6/c1-15-12-18-10(7-5-16-20-11(7)19-12)17-9-3-2-6(13)4-8(9)14/h2-5H,1H3,(H3,15,16,17,18,19,20). The van der Waals surface area contributed by atoms with E-state index in [2.05, 4.69) is 46.7 Å². The van der Waals surface area contributed by atoms with Gasteiger partial charge in [0.2, 0.25) is 5.95 Å². The first-order valence-electron chi connectivity index (χ1n) is 5.78. The van der Waals surface area contributed by atoms with Crippen molar-refractivity contribution in [1.82, 2.24) is 20.2 Å². The molecule has 0 amide bonds. The van der Waals surface area contributed by atoms with Crippen LogP contribution < -0.4 is 10.6 Å². The fourth-order valence-corrected chi connectivity index (χ4v) is 2.48. The second-order valence-electron chi connectivity index (χ2n) is 4.03. The predicted octanol–water partition coefficient (Wildman–Crippen LogP) is 3.55. The van der Waals surface area contributed by atoms with Gasteiger partial charge in [0, 0.05) is 11.5 Å². The van der Waals surface area contributed by atoms with E-state index < -0.39 is 0 Å². The van der Waals surface area contributed by atoms with Crippen LogP contribution in [-0.2, 0) is 0 Å². The molecule has 0 aliphatic heterocycles. The van der Waals surface area contributed by atoms with Crippen LogP contribution in [0.2, 0.25) is 5.02 Å². The highest BCUT2D eigenvalue weighted by atomic mass is 79.9. The molecule has 102 valence electrons. The Labute approximate surface area is 128 Å². The minimum atomic E-state index is 0.498. The van der Waals surface area contributed by atoms with E-state index in [9.17, 15) is 0 Å². The van der Waals surface area contributed by atoms with Crippen molar-refractivity contribution in [3.05, 3.63) is 33.9 Å². The average molecular weight is 354 g/mol. The summed E-state index contributed by atoms with van der Waals surface area (Å²) in [6.07, 6.45) is 1.67. The van der Waals surface area contributed by atoms with Gasteiger partial charge >= 0.3 is 0 Å². The van der Waals surface area contributed by atoms with Gasteiger partial charge < -0.3 is 10.6 Å². The topological polar surface area (TPSA) is 78.5 Å². The molecule has 6 nitrogen and oxygen atoms in total. The van der Waals surface area contributed by atoms with E-state index in [1.807, 2.05) is 18.2 Å². The number of benzene rings is 1. The van der Waals surface area contributed by atoms with Crippen LogP contribution in [0, 0.1) is 0 Å². The molecule has 2 aromatic heterocycles. The third-order valence-corrected chi connectivity index (χ3v) is 3.52. The summed E-state index contributed by atoms with van der Waals surface area (Å²) in [6.45, 7) is 0. The minimum Gasteiger partial charge on any atom is -0.357 e. The van der Waals surface area contributed by atoms with Crippen molar-refractivity contribution in [2.75, 3.05) is 17.7 Å². The number of aromatic nitrogens is 4. The molecule has 20 heavy (non-hydrogen) atoms. The zero-order valence-corrected chi connectivity index (χ0v) is 12.7. The van der Waals surface area contributed by atoms with Crippen LogP contribution in [0.15, 0.2) is 28.9 Å². The molecule has 3 aromatic rings. The molecule has 0 saturated heterocycles. The smallest absolute Gasteiger partial charge is 0.226 e. The van der Waals surface area contributed by atoms with Crippen molar-refractivity contribution in [3.63, 3.8) is 0 Å². The normalized spacial score (nSPS) is 10.8. The lowest BCUT2D eigenvalue weighted by atomic mass is 10.3. The molecule has 1 aromatic carbocycles. The number of rotatable bonds is 3. The van der Waals surface area contributed by atoms with Crippen molar-refractivity contribution in [2.24, 2.45) is 0 Å². The molecule has 0 unspecified atom stereocenters. The molecule has 2 heterocycles. The highest BCUT2D eigenvalue weighted by molar-refractivity contribution is 9.10. The summed E-state index contributed by atoms with van der Waals surface area (Å²) in [5.41, 5.74) is 1.42. The van der Waals surface area contributed by atoms with E-state index in [1.165, 1.54) is 0 Å². The van der Waals surface area contributed by atoms with Gasteiger partial charge in [-0.25, -0.2) is 0 Å². The number of fused-ring (bicyclic) bond motifs is 1. The first-order chi connectivity index (χ1) is 9.67. The van der Waals surface area contributed by atoms with Crippen LogP contribution in [-0.4, -0.2) is 27.2 Å². The van der Waals surface area contributed by atoms with Gasteiger partial charge in [0.1, 0.15) is 5.82 Å². The molecular weight excluding hydrogens is 344 g/mol. The number of nitrogens with zero attached hydrogens (tertiary/aromatic N) is 3. The Morgan fingerprint density at radius 3 is 2.90 bits per heavy atom. The number of nitrogens with one attached hydrogen (secondary N) is 3. The fourth-order valence-electron chi connectivity index (χ4n) is 1.76. The maximum atomic E-state index is 6.20. The predicted molar refractivity (Wildman–Crippen MR) is 83.7 cm³/mol. The van der Waals surface area contributed by atoms with Gasteiger partial charge in [-0.05, 0) is 18.2 Å². The van der Waals surface area contributed by atoms with Crippen molar-refractivity contribution in [3.8, 4) is 0 Å². The van der Waals surface area contributed by atoms with E-state index in [-0.39, 0.29) is 0 Å². The highest BCUT2D eigenvalue weighted by Crippen LogP contribution is 2.30. The van der Waals surface area contributed by atoms with E-state index in [0.29, 0.717) is 22.4 Å². The fraction of sp³-hybridized carbons (Fsp3) is 0.0833. The maximum absolute atomic E-state index is 6.20. The molecule has 8 heteroatoms. The van der Waals surface area contributed by atoms with Crippen molar-refractivity contribution >= 4 is 56.0 Å². The van der Waals surface area contributed by atoms with Crippen molar-refractivity contribution in [1.29, 1.82) is 0 Å². The van der Waals surface area contributed by atoms with Crippen molar-refractivity contribution < 1.29 is 0 Å². The van der Waals surface area contributed by atoms with Crippen LogP contribution in [0.3, 0.4) is 0 Å². The lowest BCUT2D eigenvalue weighted by molar-refractivity contribution is 1.09. The molecule has 0 aliphatic rings. The molecule has 0 bridgehead atoms. The van der Waals surface area contributed by atoms with Gasteiger partial charge in [0.25, 0.3) is 0 Å². The number of aromatic amines is 1. The zero-order valence-electron chi connectivity index (χ0n) is 10.4. The summed E-state index contributed by atoms with van der Waals surface area (Å²) in [7, 11) is 1.76. The quantitative estimate of drug-likeness (QED) is 0.671. The third kappa shape index (κ3) is 2.41. The number of hydrogen-bond donors (Lipinski definition) is 3. The van der Waals surface area contributed by atoms with Gasteiger partial charge in [-0.2, -0.15) is 15.1 Å². The molecule has 3 rings (SSSR count). The van der Waals surface area contributed by atoms with Crippen LogP contribution in [0.4, 0.5) is 17.5 Å². The van der Waals surface area contributed by atoms with Crippen LogP contribution in [0.25, 0.3) is 11.0 Å². The minimum absolute atomic E-state index is 0.498. The van der Waals surface area contributed by atoms with Gasteiger partial charge in [-0.1, -0.05) is 27.5 Å². The lowest BCUT2D eigenvalue weighted by Gasteiger charge is -2.10. The SMILES string of the molecule is CNc1nc(Nc2ccc(Br)cc2Cl)c2cn[nH]c2n1. The molecule has 0 atom stereocenters. The Morgan fingerprint density at radius 2 is 2.15 bits per heavy atom. The Morgan fingerprint density at radius 1 is 1.30 bits per heavy atom. The van der Waals surface area contributed by atoms with Gasteiger partial charge in [0.05, 0.1) is 22.3 Å². The molecule has 0 fully saturated rings. The van der Waals surface area contributed by atoms with E-state index in [4.69, 9.17) is 11.6 Å². The summed E-state index contributed by atoms with van der Waals surface area (Å²) in [4.78, 5) is 8.66. The summed E-state index contributed by atoms with van der Waals surface area (Å²) in [5.74, 6) is 1.13. The lowest BCUT2D eigenvalue weighted by Crippen LogP contribution is -2.01. The molecule has 3 N–H and O–H groups in total. The van der Waals surface area contributed by atoms with E-state index in [0.717, 1.165) is 15.5 Å². The van der Waals surface area contributed by atoms with E-state index >= 15 is 0 Å². The Hall–Kier alpha value is -1.86. The summed E-state index contributed by atoms with van der Waals surface area (Å²) in [6, 6.07) is 5.59. The van der Waals surface area contributed by atoms with Crippen LogP contribution in [0.1, 0.15) is 0 Å². The van der Waals surface area contributed by atoms with E-state index in [1.54, 1.807) is 13.2 Å². The molecular formula is C12H10BrClN6. The molecule has 0 radical (unpaired) electrons. The largest absolute Gasteiger partial charge is 0.357 e. The monoisotopic (exact) mass is 352 g/mol. The second-order valence-corrected chi connectivity index (χ2v) is 5.35. The highest BCUT2D eigenvalue weighted by Gasteiger charge is 2.10. The molecule has 0 spiro atoms. The van der Waals surface area contributed by atoms with Crippen LogP contribution in [0.5, 0.6) is 0 Å². The summed E-state index contributed by atoms with van der Waals surface area (Å²) < 4.78 is 0.917. The van der Waals surface area contributed by atoms with Gasteiger partial charge in [-0.15, -0.1) is 0 Å². The first-order valence-corrected chi connectivity index (χ1v) is 6.95. The first kappa shape index (κ1) is 13.1.